The molecule has 290 valence electrons. The van der Waals surface area contributed by atoms with E-state index in [0.29, 0.717) is 0 Å². The second kappa shape index (κ2) is 14.8. The quantitative estimate of drug-likeness (QED) is 0.150. The predicted molar refractivity (Wildman–Crippen MR) is 263 cm³/mol. The van der Waals surface area contributed by atoms with Gasteiger partial charge in [0.15, 0.2) is 0 Å². The fourth-order valence-corrected chi connectivity index (χ4v) is 9.50. The third-order valence-corrected chi connectivity index (χ3v) is 12.4. The standard InChI is InChI=1S/C60H39NO/c1-3-20-50-40(13-1)15-11-25-51(50)45-18-9-16-43(37-45)44-17-10-19-49(38-44)61(47-33-29-41(30-34-47)53-26-12-28-59-60(53)56-24-7-8-27-58(56)62-59)48-35-31-42(32-36-48)57-39-46-14-2-4-21-52(46)54-22-5-6-23-55(54)57/h1-39H. The van der Waals surface area contributed by atoms with Crippen molar-refractivity contribution in [1.29, 1.82) is 0 Å². The van der Waals surface area contributed by atoms with Gasteiger partial charge < -0.3 is 9.32 Å². The number of furan rings is 1. The summed E-state index contributed by atoms with van der Waals surface area (Å²) in [6.07, 6.45) is 0. The van der Waals surface area contributed by atoms with Crippen molar-refractivity contribution >= 4 is 71.3 Å². The Balaban J connectivity index is 0.975. The number of fused-ring (bicyclic) bond motifs is 7. The number of hydrogen-bond acceptors (Lipinski definition) is 2. The molecular weight excluding hydrogens is 751 g/mol. The molecule has 1 heterocycles. The maximum Gasteiger partial charge on any atom is 0.136 e. The van der Waals surface area contributed by atoms with Crippen LogP contribution in [0.2, 0.25) is 0 Å². The van der Waals surface area contributed by atoms with Crippen molar-refractivity contribution < 1.29 is 4.42 Å². The Labute approximate surface area is 360 Å². The highest BCUT2D eigenvalue weighted by atomic mass is 16.3. The van der Waals surface area contributed by atoms with Crippen LogP contribution in [0.25, 0.3) is 98.8 Å². The number of para-hydroxylation sites is 1. The maximum absolute atomic E-state index is 6.27. The topological polar surface area (TPSA) is 16.4 Å². The maximum atomic E-state index is 6.27. The average molecular weight is 790 g/mol. The Kier molecular flexibility index (Phi) is 8.53. The van der Waals surface area contributed by atoms with E-state index in [2.05, 4.69) is 229 Å². The van der Waals surface area contributed by atoms with Crippen molar-refractivity contribution in [3.05, 3.63) is 237 Å². The molecule has 0 saturated heterocycles. The molecule has 2 nitrogen and oxygen atoms in total. The summed E-state index contributed by atoms with van der Waals surface area (Å²) in [5.74, 6) is 0. The molecule has 0 amide bonds. The Morgan fingerprint density at radius 3 is 1.58 bits per heavy atom. The Hall–Kier alpha value is -8.20. The van der Waals surface area contributed by atoms with Crippen LogP contribution in [0.15, 0.2) is 241 Å². The SMILES string of the molecule is c1cc(-c2cccc(N(c3ccc(-c4cc5ccccc5c5ccccc45)cc3)c3ccc(-c4cccc5oc6ccccc6c45)cc3)c2)cc(-c2cccc3ccccc23)c1. The van der Waals surface area contributed by atoms with Crippen molar-refractivity contribution in [2.24, 2.45) is 0 Å². The molecule has 0 radical (unpaired) electrons. The molecule has 0 bridgehead atoms. The highest BCUT2D eigenvalue weighted by Gasteiger charge is 2.18. The van der Waals surface area contributed by atoms with E-state index in [4.69, 9.17) is 4.42 Å². The van der Waals surface area contributed by atoms with E-state index in [1.807, 2.05) is 12.1 Å². The largest absolute Gasteiger partial charge is 0.456 e. The van der Waals surface area contributed by atoms with Crippen LogP contribution in [-0.2, 0) is 0 Å². The first-order valence-corrected chi connectivity index (χ1v) is 21.2. The van der Waals surface area contributed by atoms with Gasteiger partial charge in [-0.2, -0.15) is 0 Å². The lowest BCUT2D eigenvalue weighted by Crippen LogP contribution is -2.10. The molecule has 0 aliphatic heterocycles. The number of nitrogens with zero attached hydrogens (tertiary/aromatic N) is 1. The van der Waals surface area contributed by atoms with E-state index >= 15 is 0 Å². The molecule has 62 heavy (non-hydrogen) atoms. The van der Waals surface area contributed by atoms with E-state index in [0.717, 1.165) is 55.7 Å². The van der Waals surface area contributed by atoms with Gasteiger partial charge in [-0.05, 0) is 137 Å². The van der Waals surface area contributed by atoms with Crippen molar-refractivity contribution in [3.63, 3.8) is 0 Å². The third kappa shape index (κ3) is 6.12. The van der Waals surface area contributed by atoms with Crippen LogP contribution in [0.3, 0.4) is 0 Å². The van der Waals surface area contributed by atoms with Gasteiger partial charge in [0, 0.05) is 27.8 Å². The van der Waals surface area contributed by atoms with Crippen LogP contribution in [0.4, 0.5) is 17.1 Å². The van der Waals surface area contributed by atoms with Crippen molar-refractivity contribution in [2.45, 2.75) is 0 Å². The van der Waals surface area contributed by atoms with E-state index in [1.54, 1.807) is 0 Å². The summed E-state index contributed by atoms with van der Waals surface area (Å²) < 4.78 is 6.27. The minimum absolute atomic E-state index is 0.898. The highest BCUT2D eigenvalue weighted by molar-refractivity contribution is 6.14. The molecule has 0 fully saturated rings. The summed E-state index contributed by atoms with van der Waals surface area (Å²) in [5.41, 5.74) is 14.5. The minimum Gasteiger partial charge on any atom is -0.456 e. The van der Waals surface area contributed by atoms with Gasteiger partial charge >= 0.3 is 0 Å². The van der Waals surface area contributed by atoms with E-state index in [9.17, 15) is 0 Å². The van der Waals surface area contributed by atoms with Gasteiger partial charge in [0.05, 0.1) is 0 Å². The van der Waals surface area contributed by atoms with Crippen molar-refractivity contribution in [2.75, 3.05) is 4.90 Å². The first kappa shape index (κ1) is 35.7. The summed E-state index contributed by atoms with van der Waals surface area (Å²) >= 11 is 0. The molecule has 0 unspecified atom stereocenters. The van der Waals surface area contributed by atoms with E-state index < -0.39 is 0 Å². The zero-order valence-electron chi connectivity index (χ0n) is 33.9. The van der Waals surface area contributed by atoms with Gasteiger partial charge in [0.1, 0.15) is 11.2 Å². The van der Waals surface area contributed by atoms with Gasteiger partial charge in [-0.15, -0.1) is 0 Å². The smallest absolute Gasteiger partial charge is 0.136 e. The summed E-state index contributed by atoms with van der Waals surface area (Å²) in [6, 6.07) is 85.5. The molecule has 0 spiro atoms. The summed E-state index contributed by atoms with van der Waals surface area (Å²) in [4.78, 5) is 2.37. The Morgan fingerprint density at radius 2 is 0.790 bits per heavy atom. The second-order valence-electron chi connectivity index (χ2n) is 16.1. The molecule has 0 atom stereocenters. The molecule has 0 N–H and O–H groups in total. The number of benzene rings is 11. The van der Waals surface area contributed by atoms with Crippen LogP contribution >= 0.6 is 0 Å². The van der Waals surface area contributed by atoms with Crippen LogP contribution in [0, 0.1) is 0 Å². The first-order chi connectivity index (χ1) is 30.7. The van der Waals surface area contributed by atoms with Gasteiger partial charge in [-0.3, -0.25) is 0 Å². The first-order valence-electron chi connectivity index (χ1n) is 21.2. The molecule has 2 heteroatoms. The highest BCUT2D eigenvalue weighted by Crippen LogP contribution is 2.42. The lowest BCUT2D eigenvalue weighted by atomic mass is 9.93. The lowest BCUT2D eigenvalue weighted by molar-refractivity contribution is 0.669. The predicted octanol–water partition coefficient (Wildman–Crippen LogP) is 17.2. The van der Waals surface area contributed by atoms with Crippen LogP contribution in [0.5, 0.6) is 0 Å². The lowest BCUT2D eigenvalue weighted by Gasteiger charge is -2.26. The fraction of sp³-hybridized carbons (Fsp3) is 0. The molecule has 11 aromatic carbocycles. The summed E-state index contributed by atoms with van der Waals surface area (Å²) in [5, 5.41) is 9.82. The molecule has 0 aliphatic rings. The Bertz CT molecular complexity index is 3630. The fourth-order valence-electron chi connectivity index (χ4n) is 9.50. The van der Waals surface area contributed by atoms with Gasteiger partial charge in [-0.1, -0.05) is 176 Å². The zero-order chi connectivity index (χ0) is 41.0. The second-order valence-corrected chi connectivity index (χ2v) is 16.1. The van der Waals surface area contributed by atoms with Gasteiger partial charge in [0.25, 0.3) is 0 Å². The van der Waals surface area contributed by atoms with Gasteiger partial charge in [-0.25, -0.2) is 0 Å². The summed E-state index contributed by atoms with van der Waals surface area (Å²) in [7, 11) is 0. The monoisotopic (exact) mass is 789 g/mol. The molecule has 0 aliphatic carbocycles. The minimum atomic E-state index is 0.898. The number of rotatable bonds is 7. The van der Waals surface area contributed by atoms with E-state index in [-0.39, 0.29) is 0 Å². The average Bonchev–Trinajstić information content (AvgIpc) is 3.73. The molecular formula is C60H39NO. The zero-order valence-corrected chi connectivity index (χ0v) is 33.9. The van der Waals surface area contributed by atoms with Crippen molar-refractivity contribution in [1.82, 2.24) is 0 Å². The van der Waals surface area contributed by atoms with Crippen LogP contribution in [-0.4, -0.2) is 0 Å². The van der Waals surface area contributed by atoms with Crippen molar-refractivity contribution in [3.8, 4) is 44.5 Å². The molecule has 1 aromatic heterocycles. The third-order valence-electron chi connectivity index (χ3n) is 12.4. The summed E-state index contributed by atoms with van der Waals surface area (Å²) in [6.45, 7) is 0. The number of anilines is 3. The van der Waals surface area contributed by atoms with E-state index in [1.165, 1.54) is 60.1 Å². The Morgan fingerprint density at radius 1 is 0.258 bits per heavy atom. The normalized spacial score (nSPS) is 11.5. The van der Waals surface area contributed by atoms with Crippen LogP contribution < -0.4 is 4.90 Å². The number of hydrogen-bond donors (Lipinski definition) is 0. The molecule has 12 aromatic rings. The van der Waals surface area contributed by atoms with Crippen LogP contribution in [0.1, 0.15) is 0 Å². The molecule has 12 rings (SSSR count). The van der Waals surface area contributed by atoms with Gasteiger partial charge in [0.2, 0.25) is 0 Å². The molecule has 0 saturated carbocycles.